The van der Waals surface area contributed by atoms with Gasteiger partial charge < -0.3 is 15.0 Å². The molecule has 2 aliphatic rings. The largest absolute Gasteiger partial charge is 0.380 e. The minimum Gasteiger partial charge on any atom is -0.380 e. The van der Waals surface area contributed by atoms with Gasteiger partial charge >= 0.3 is 0 Å². The molecule has 0 radical (unpaired) electrons. The van der Waals surface area contributed by atoms with E-state index in [1.165, 1.54) is 58.2 Å². The first-order chi connectivity index (χ1) is 7.95. The Morgan fingerprint density at radius 1 is 1.12 bits per heavy atom. The van der Waals surface area contributed by atoms with Crippen molar-refractivity contribution in [2.24, 2.45) is 0 Å². The van der Waals surface area contributed by atoms with Gasteiger partial charge in [-0.2, -0.15) is 0 Å². The number of hydrogen-bond donors (Lipinski definition) is 1. The van der Waals surface area contributed by atoms with Gasteiger partial charge in [0.1, 0.15) is 0 Å². The summed E-state index contributed by atoms with van der Waals surface area (Å²) in [6, 6.07) is 0.803. The van der Waals surface area contributed by atoms with Crippen LogP contribution >= 0.6 is 0 Å². The van der Waals surface area contributed by atoms with E-state index in [4.69, 9.17) is 4.74 Å². The van der Waals surface area contributed by atoms with Crippen molar-refractivity contribution >= 4 is 0 Å². The van der Waals surface area contributed by atoms with Crippen molar-refractivity contribution in [3.63, 3.8) is 0 Å². The normalized spacial score (nSPS) is 28.9. The van der Waals surface area contributed by atoms with Crippen molar-refractivity contribution < 1.29 is 4.74 Å². The summed E-state index contributed by atoms with van der Waals surface area (Å²) in [6.45, 7) is 6.77. The van der Waals surface area contributed by atoms with E-state index in [-0.39, 0.29) is 0 Å². The smallest absolute Gasteiger partial charge is 0.0593 e. The van der Waals surface area contributed by atoms with Crippen LogP contribution in [0.4, 0.5) is 0 Å². The fraction of sp³-hybridized carbons (Fsp3) is 1.00. The van der Waals surface area contributed by atoms with E-state index in [9.17, 15) is 0 Å². The van der Waals surface area contributed by atoms with Gasteiger partial charge in [0, 0.05) is 25.7 Å². The number of ether oxygens (including phenoxy) is 1. The zero-order valence-corrected chi connectivity index (χ0v) is 10.4. The Labute approximate surface area is 99.5 Å². The molecule has 0 aromatic rings. The molecule has 2 rings (SSSR count). The van der Waals surface area contributed by atoms with Crippen molar-refractivity contribution in [3.05, 3.63) is 0 Å². The summed E-state index contributed by atoms with van der Waals surface area (Å²) in [6.07, 6.45) is 8.11. The Morgan fingerprint density at radius 3 is 3.00 bits per heavy atom. The molecule has 2 heterocycles. The van der Waals surface area contributed by atoms with E-state index >= 15 is 0 Å². The second-order valence-corrected chi connectivity index (χ2v) is 5.10. The van der Waals surface area contributed by atoms with Gasteiger partial charge in [-0.3, -0.25) is 0 Å². The van der Waals surface area contributed by atoms with Crippen molar-refractivity contribution in [1.29, 1.82) is 0 Å². The van der Waals surface area contributed by atoms with Crippen LogP contribution in [-0.4, -0.2) is 50.3 Å². The topological polar surface area (TPSA) is 24.5 Å². The molecule has 0 aromatic heterocycles. The molecule has 2 fully saturated rings. The van der Waals surface area contributed by atoms with Gasteiger partial charge in [0.2, 0.25) is 0 Å². The number of piperidine rings is 1. The lowest BCUT2D eigenvalue weighted by Crippen LogP contribution is -2.35. The number of rotatable bonds is 4. The Morgan fingerprint density at radius 2 is 2.12 bits per heavy atom. The van der Waals surface area contributed by atoms with Crippen molar-refractivity contribution in [2.75, 3.05) is 39.4 Å². The molecule has 0 saturated carbocycles. The van der Waals surface area contributed by atoms with Crippen molar-refractivity contribution in [2.45, 2.75) is 44.6 Å². The van der Waals surface area contributed by atoms with Crippen molar-refractivity contribution in [1.82, 2.24) is 10.2 Å². The highest BCUT2D eigenvalue weighted by Crippen LogP contribution is 2.12. The molecule has 94 valence electrons. The van der Waals surface area contributed by atoms with Crippen LogP contribution in [0.2, 0.25) is 0 Å². The van der Waals surface area contributed by atoms with Crippen LogP contribution in [0, 0.1) is 0 Å². The molecule has 1 N–H and O–H groups in total. The molecule has 16 heavy (non-hydrogen) atoms. The summed E-state index contributed by atoms with van der Waals surface area (Å²) in [5, 5.41) is 3.63. The molecule has 0 aromatic carbocycles. The van der Waals surface area contributed by atoms with Crippen LogP contribution in [-0.2, 0) is 4.74 Å². The van der Waals surface area contributed by atoms with E-state index in [0.29, 0.717) is 0 Å². The van der Waals surface area contributed by atoms with Gasteiger partial charge in [-0.25, -0.2) is 0 Å². The molecule has 0 amide bonds. The number of hydrogen-bond acceptors (Lipinski definition) is 3. The van der Waals surface area contributed by atoms with Crippen LogP contribution in [0.25, 0.3) is 0 Å². The molecule has 2 aliphatic heterocycles. The summed E-state index contributed by atoms with van der Waals surface area (Å²) in [7, 11) is 0. The molecule has 3 nitrogen and oxygen atoms in total. The summed E-state index contributed by atoms with van der Waals surface area (Å²) in [5.41, 5.74) is 0. The fourth-order valence-electron chi connectivity index (χ4n) is 2.75. The molecule has 1 unspecified atom stereocenters. The molecule has 1 atom stereocenters. The average molecular weight is 226 g/mol. The SMILES string of the molecule is C1CCC(CCCN2CCCOCC2)NC1. The molecule has 3 heteroatoms. The van der Waals surface area contributed by atoms with E-state index in [1.807, 2.05) is 0 Å². The Hall–Kier alpha value is -0.120. The first kappa shape index (κ1) is 12.3. The van der Waals surface area contributed by atoms with E-state index in [2.05, 4.69) is 10.2 Å². The molecular weight excluding hydrogens is 200 g/mol. The summed E-state index contributed by atoms with van der Waals surface area (Å²) in [5.74, 6) is 0. The van der Waals surface area contributed by atoms with Gasteiger partial charge in [-0.1, -0.05) is 6.42 Å². The lowest BCUT2D eigenvalue weighted by molar-refractivity contribution is 0.141. The highest BCUT2D eigenvalue weighted by molar-refractivity contribution is 4.73. The first-order valence-electron chi connectivity index (χ1n) is 6.98. The average Bonchev–Trinajstić information content (AvgIpc) is 2.59. The molecule has 0 bridgehead atoms. The predicted molar refractivity (Wildman–Crippen MR) is 66.8 cm³/mol. The summed E-state index contributed by atoms with van der Waals surface area (Å²) >= 11 is 0. The maximum atomic E-state index is 5.47. The standard InChI is InChI=1S/C13H26N2O/c1-2-7-14-13(5-1)6-3-8-15-9-4-11-16-12-10-15/h13-14H,1-12H2. The minimum absolute atomic E-state index is 0.803. The van der Waals surface area contributed by atoms with Gasteiger partial charge in [-0.05, 0) is 45.2 Å². The van der Waals surface area contributed by atoms with Crippen LogP contribution in [0.15, 0.2) is 0 Å². The Bertz CT molecular complexity index is 173. The van der Waals surface area contributed by atoms with Crippen LogP contribution in [0.5, 0.6) is 0 Å². The fourth-order valence-corrected chi connectivity index (χ4v) is 2.75. The Balaban J connectivity index is 1.55. The summed E-state index contributed by atoms with van der Waals surface area (Å²) in [4.78, 5) is 2.57. The highest BCUT2D eigenvalue weighted by atomic mass is 16.5. The second kappa shape index (κ2) is 7.25. The first-order valence-corrected chi connectivity index (χ1v) is 6.98. The van der Waals surface area contributed by atoms with Crippen LogP contribution in [0.3, 0.4) is 0 Å². The Kier molecular flexibility index (Phi) is 5.59. The predicted octanol–water partition coefficient (Wildman–Crippen LogP) is 1.63. The third-order valence-corrected chi connectivity index (χ3v) is 3.75. The zero-order valence-electron chi connectivity index (χ0n) is 10.4. The van der Waals surface area contributed by atoms with E-state index < -0.39 is 0 Å². The maximum absolute atomic E-state index is 5.47. The van der Waals surface area contributed by atoms with Crippen LogP contribution in [0.1, 0.15) is 38.5 Å². The van der Waals surface area contributed by atoms with Gasteiger partial charge in [0.15, 0.2) is 0 Å². The second-order valence-electron chi connectivity index (χ2n) is 5.10. The maximum Gasteiger partial charge on any atom is 0.0593 e. The van der Waals surface area contributed by atoms with E-state index in [0.717, 1.165) is 25.8 Å². The van der Waals surface area contributed by atoms with Crippen molar-refractivity contribution in [3.8, 4) is 0 Å². The quantitative estimate of drug-likeness (QED) is 0.788. The third kappa shape index (κ3) is 4.40. The number of nitrogens with one attached hydrogen (secondary N) is 1. The zero-order chi connectivity index (χ0) is 11.1. The summed E-state index contributed by atoms with van der Waals surface area (Å²) < 4.78 is 5.47. The number of nitrogens with zero attached hydrogens (tertiary/aromatic N) is 1. The lowest BCUT2D eigenvalue weighted by Gasteiger charge is -2.25. The molecular formula is C13H26N2O. The molecule has 0 aliphatic carbocycles. The third-order valence-electron chi connectivity index (χ3n) is 3.75. The van der Waals surface area contributed by atoms with Gasteiger partial charge in [0.25, 0.3) is 0 Å². The van der Waals surface area contributed by atoms with Gasteiger partial charge in [0.05, 0.1) is 6.61 Å². The van der Waals surface area contributed by atoms with E-state index in [1.54, 1.807) is 0 Å². The lowest BCUT2D eigenvalue weighted by atomic mass is 10.0. The van der Waals surface area contributed by atoms with Crippen LogP contribution < -0.4 is 5.32 Å². The minimum atomic E-state index is 0.803. The monoisotopic (exact) mass is 226 g/mol. The molecule has 2 saturated heterocycles. The van der Waals surface area contributed by atoms with Gasteiger partial charge in [-0.15, -0.1) is 0 Å². The highest BCUT2D eigenvalue weighted by Gasteiger charge is 2.13. The molecule has 0 spiro atoms.